The molecule has 0 bridgehead atoms. The first kappa shape index (κ1) is 21.2. The Morgan fingerprint density at radius 1 is 1.22 bits per heavy atom. The summed E-state index contributed by atoms with van der Waals surface area (Å²) >= 11 is 0. The molecule has 1 aromatic heterocycles. The number of rotatable bonds is 4. The Labute approximate surface area is 189 Å². The van der Waals surface area contributed by atoms with Crippen LogP contribution in [0.1, 0.15) is 51.1 Å². The van der Waals surface area contributed by atoms with Gasteiger partial charge < -0.3 is 10.1 Å². The number of carbonyl (C=O) groups excluding carboxylic acids is 1. The van der Waals surface area contributed by atoms with E-state index in [1.54, 1.807) is 6.07 Å². The van der Waals surface area contributed by atoms with Crippen molar-refractivity contribution in [2.75, 3.05) is 6.61 Å². The molecule has 1 N–H and O–H groups in total. The number of benzene rings is 1. The van der Waals surface area contributed by atoms with Gasteiger partial charge in [0.2, 0.25) is 0 Å². The standard InChI is InChI=1S/C27H31FN2O2/c1-2-25-24(23-9-4-3-6-19(23)15-27(25)17-32-26(31)30-27)13-12-22-11-10-20(16-29-22)18-7-5-8-21(28)14-18/h5,7-8,10-14,16,19,23-25H,2-4,6,9,15,17H2,1H3,(H,30,31)/t19-,23+,24-,25+,27+/m0/s1. The molecule has 1 aliphatic heterocycles. The highest BCUT2D eigenvalue weighted by molar-refractivity contribution is 5.71. The molecule has 3 aliphatic rings. The summed E-state index contributed by atoms with van der Waals surface area (Å²) in [7, 11) is 0. The Hall–Kier alpha value is -2.69. The summed E-state index contributed by atoms with van der Waals surface area (Å²) in [6, 6.07) is 10.6. The zero-order valence-corrected chi connectivity index (χ0v) is 18.6. The van der Waals surface area contributed by atoms with Crippen LogP contribution >= 0.6 is 0 Å². The summed E-state index contributed by atoms with van der Waals surface area (Å²) in [5.74, 6) is 1.79. The summed E-state index contributed by atoms with van der Waals surface area (Å²) in [6.07, 6.45) is 13.1. The maximum atomic E-state index is 13.5. The number of hydrogen-bond acceptors (Lipinski definition) is 3. The number of pyridine rings is 1. The molecule has 4 nitrogen and oxygen atoms in total. The zero-order valence-electron chi connectivity index (χ0n) is 18.6. The van der Waals surface area contributed by atoms with E-state index in [2.05, 4.69) is 29.4 Å². The van der Waals surface area contributed by atoms with Crippen LogP contribution in [-0.4, -0.2) is 23.2 Å². The smallest absolute Gasteiger partial charge is 0.407 e. The van der Waals surface area contributed by atoms with E-state index in [-0.39, 0.29) is 17.4 Å². The fourth-order valence-electron chi connectivity index (χ4n) is 6.55. The van der Waals surface area contributed by atoms with E-state index in [0.717, 1.165) is 29.7 Å². The lowest BCUT2D eigenvalue weighted by Crippen LogP contribution is -2.59. The summed E-state index contributed by atoms with van der Waals surface area (Å²) in [5.41, 5.74) is 2.39. The normalized spacial score (nSPS) is 32.0. The molecule has 3 fully saturated rings. The van der Waals surface area contributed by atoms with E-state index >= 15 is 0 Å². The number of allylic oxidation sites excluding steroid dienone is 1. The third-order valence-corrected chi connectivity index (χ3v) is 7.95. The van der Waals surface area contributed by atoms with E-state index < -0.39 is 0 Å². The van der Waals surface area contributed by atoms with Crippen LogP contribution in [0.4, 0.5) is 9.18 Å². The Bertz CT molecular complexity index is 1000. The third kappa shape index (κ3) is 3.94. The third-order valence-electron chi connectivity index (χ3n) is 7.95. The molecule has 32 heavy (non-hydrogen) atoms. The molecule has 5 rings (SSSR count). The highest BCUT2D eigenvalue weighted by atomic mass is 19.1. The van der Waals surface area contributed by atoms with Crippen LogP contribution in [0.25, 0.3) is 17.2 Å². The minimum Gasteiger partial charge on any atom is -0.447 e. The van der Waals surface area contributed by atoms with Crippen LogP contribution in [0.15, 0.2) is 48.7 Å². The van der Waals surface area contributed by atoms with Crippen molar-refractivity contribution in [2.45, 2.75) is 51.0 Å². The quantitative estimate of drug-likeness (QED) is 0.620. The van der Waals surface area contributed by atoms with Crippen molar-refractivity contribution in [3.63, 3.8) is 0 Å². The van der Waals surface area contributed by atoms with Crippen molar-refractivity contribution in [3.8, 4) is 11.1 Å². The van der Waals surface area contributed by atoms with Gasteiger partial charge in [0.05, 0.1) is 11.2 Å². The van der Waals surface area contributed by atoms with Gasteiger partial charge in [-0.2, -0.15) is 0 Å². The Morgan fingerprint density at radius 3 is 2.81 bits per heavy atom. The number of carbonyl (C=O) groups is 1. The summed E-state index contributed by atoms with van der Waals surface area (Å²) in [6.45, 7) is 2.71. The van der Waals surface area contributed by atoms with Gasteiger partial charge in [-0.25, -0.2) is 9.18 Å². The van der Waals surface area contributed by atoms with E-state index in [0.29, 0.717) is 30.3 Å². The van der Waals surface area contributed by atoms with E-state index in [1.165, 1.54) is 37.8 Å². The number of ether oxygens (including phenoxy) is 1. The number of amides is 1. The number of halogens is 1. The van der Waals surface area contributed by atoms with Gasteiger partial charge in [-0.1, -0.05) is 56.9 Å². The molecule has 5 atom stereocenters. The van der Waals surface area contributed by atoms with Gasteiger partial charge in [-0.05, 0) is 66.4 Å². The average molecular weight is 435 g/mol. The number of alkyl carbamates (subject to hydrolysis) is 1. The first-order chi connectivity index (χ1) is 15.6. The van der Waals surface area contributed by atoms with Crippen molar-refractivity contribution in [2.24, 2.45) is 23.7 Å². The number of nitrogens with one attached hydrogen (secondary N) is 1. The van der Waals surface area contributed by atoms with Crippen LogP contribution in [0.2, 0.25) is 0 Å². The van der Waals surface area contributed by atoms with Crippen molar-refractivity contribution < 1.29 is 13.9 Å². The molecular weight excluding hydrogens is 403 g/mol. The molecule has 2 aromatic rings. The molecule has 1 amide bonds. The SMILES string of the molecule is CC[C@@H]1[C@@H](C=Cc2ccc(-c3cccc(F)c3)cn2)[C@@H]2CCCC[C@H]2C[C@@]12COC(=O)N2. The molecule has 2 aliphatic carbocycles. The summed E-state index contributed by atoms with van der Waals surface area (Å²) in [4.78, 5) is 16.6. The Morgan fingerprint density at radius 2 is 2.09 bits per heavy atom. The number of fused-ring (bicyclic) bond motifs is 1. The number of nitrogens with zero attached hydrogens (tertiary/aromatic N) is 1. The van der Waals surface area contributed by atoms with Gasteiger partial charge in [0, 0.05) is 11.8 Å². The predicted octanol–water partition coefficient (Wildman–Crippen LogP) is 6.23. The van der Waals surface area contributed by atoms with Crippen molar-refractivity contribution in [3.05, 3.63) is 60.2 Å². The van der Waals surface area contributed by atoms with Crippen LogP contribution in [0, 0.1) is 29.5 Å². The fraction of sp³-hybridized carbons (Fsp3) is 0.481. The second kappa shape index (κ2) is 8.68. The monoisotopic (exact) mass is 434 g/mol. The maximum Gasteiger partial charge on any atom is 0.407 e. The highest BCUT2D eigenvalue weighted by Crippen LogP contribution is 2.53. The lowest BCUT2D eigenvalue weighted by atomic mass is 9.54. The minimum absolute atomic E-state index is 0.242. The minimum atomic E-state index is -0.268. The number of cyclic esters (lactones) is 1. The van der Waals surface area contributed by atoms with E-state index in [4.69, 9.17) is 4.74 Å². The first-order valence-corrected chi connectivity index (χ1v) is 11.9. The topological polar surface area (TPSA) is 51.2 Å². The van der Waals surface area contributed by atoms with Gasteiger partial charge in [0.1, 0.15) is 12.4 Å². The van der Waals surface area contributed by atoms with E-state index in [1.807, 2.05) is 24.4 Å². The lowest BCUT2D eigenvalue weighted by molar-refractivity contribution is -0.000906. The van der Waals surface area contributed by atoms with Crippen LogP contribution < -0.4 is 5.32 Å². The van der Waals surface area contributed by atoms with Gasteiger partial charge in [-0.3, -0.25) is 4.98 Å². The largest absolute Gasteiger partial charge is 0.447 e. The average Bonchev–Trinajstić information content (AvgIpc) is 3.17. The van der Waals surface area contributed by atoms with Crippen LogP contribution in [-0.2, 0) is 4.74 Å². The second-order valence-electron chi connectivity index (χ2n) is 9.70. The van der Waals surface area contributed by atoms with Crippen LogP contribution in [0.3, 0.4) is 0 Å². The highest BCUT2D eigenvalue weighted by Gasteiger charge is 2.55. The van der Waals surface area contributed by atoms with E-state index in [9.17, 15) is 9.18 Å². The van der Waals surface area contributed by atoms with Gasteiger partial charge >= 0.3 is 6.09 Å². The molecule has 1 saturated heterocycles. The number of hydrogen-bond donors (Lipinski definition) is 1. The van der Waals surface area contributed by atoms with Crippen molar-refractivity contribution >= 4 is 12.2 Å². The zero-order chi connectivity index (χ0) is 22.1. The second-order valence-corrected chi connectivity index (χ2v) is 9.70. The molecule has 1 spiro atoms. The van der Waals surface area contributed by atoms with Gasteiger partial charge in [0.25, 0.3) is 0 Å². The molecular formula is C27H31FN2O2. The molecule has 2 saturated carbocycles. The molecule has 5 heteroatoms. The van der Waals surface area contributed by atoms with Crippen LogP contribution in [0.5, 0.6) is 0 Å². The van der Waals surface area contributed by atoms with Crippen molar-refractivity contribution in [1.82, 2.24) is 10.3 Å². The lowest BCUT2D eigenvalue weighted by Gasteiger charge is -2.52. The molecule has 1 aromatic carbocycles. The first-order valence-electron chi connectivity index (χ1n) is 11.9. The van der Waals surface area contributed by atoms with Crippen molar-refractivity contribution in [1.29, 1.82) is 0 Å². The fourth-order valence-corrected chi connectivity index (χ4v) is 6.55. The summed E-state index contributed by atoms with van der Waals surface area (Å²) < 4.78 is 19.0. The molecule has 0 unspecified atom stereocenters. The summed E-state index contributed by atoms with van der Waals surface area (Å²) in [5, 5.41) is 3.22. The molecule has 0 radical (unpaired) electrons. The van der Waals surface area contributed by atoms with Gasteiger partial charge in [-0.15, -0.1) is 0 Å². The molecule has 2 heterocycles. The maximum absolute atomic E-state index is 13.5. The Kier molecular flexibility index (Phi) is 5.75. The molecule has 168 valence electrons. The Balaban J connectivity index is 1.41. The number of aromatic nitrogens is 1. The predicted molar refractivity (Wildman–Crippen MR) is 123 cm³/mol. The van der Waals surface area contributed by atoms with Gasteiger partial charge in [0.15, 0.2) is 0 Å².